The van der Waals surface area contributed by atoms with E-state index >= 15 is 0 Å². The zero-order valence-electron chi connectivity index (χ0n) is 11.2. The first-order valence-electron chi connectivity index (χ1n) is 6.28. The fourth-order valence-corrected chi connectivity index (χ4v) is 3.45. The molecule has 6 heteroatoms. The van der Waals surface area contributed by atoms with Crippen molar-refractivity contribution in [3.8, 4) is 0 Å². The van der Waals surface area contributed by atoms with Gasteiger partial charge in [-0.15, -0.1) is 0 Å². The summed E-state index contributed by atoms with van der Waals surface area (Å²) < 4.78 is 3.89. The number of aliphatic hydroxyl groups excluding tert-OH is 1. The molecule has 0 bridgehead atoms. The Morgan fingerprint density at radius 3 is 2.85 bits per heavy atom. The molecule has 0 fully saturated rings. The molecule has 0 saturated carbocycles. The van der Waals surface area contributed by atoms with Crippen molar-refractivity contribution >= 4 is 50.1 Å². The van der Waals surface area contributed by atoms with Crippen molar-refractivity contribution in [3.05, 3.63) is 48.2 Å². The normalized spacial score (nSPS) is 12.7. The van der Waals surface area contributed by atoms with Gasteiger partial charge in [0.2, 0.25) is 0 Å². The summed E-state index contributed by atoms with van der Waals surface area (Å²) in [7, 11) is 0. The molecular weight excluding hydrogens is 454 g/mol. The summed E-state index contributed by atoms with van der Waals surface area (Å²) >= 11 is 11.8. The molecule has 1 aromatic heterocycles. The lowest BCUT2D eigenvalue weighted by Gasteiger charge is -2.14. The molecule has 0 aliphatic heterocycles. The standard InChI is InChI=1S/C14H15BrClIN2O/c1-3-19-12(14(15)8(2)18-19)7-13(20)10-6-9(16)4-5-11(10)17/h4-6,13,20H,3,7H2,1-2H3. The first-order valence-corrected chi connectivity index (χ1v) is 8.53. The first-order chi connectivity index (χ1) is 9.43. The molecule has 1 aromatic carbocycles. The lowest BCUT2D eigenvalue weighted by Crippen LogP contribution is -2.10. The van der Waals surface area contributed by atoms with Crippen molar-refractivity contribution in [2.24, 2.45) is 0 Å². The molecule has 1 atom stereocenters. The van der Waals surface area contributed by atoms with E-state index in [-0.39, 0.29) is 0 Å². The molecule has 2 rings (SSSR count). The van der Waals surface area contributed by atoms with Crippen LogP contribution in [0, 0.1) is 10.5 Å². The molecule has 0 spiro atoms. The zero-order chi connectivity index (χ0) is 14.9. The summed E-state index contributed by atoms with van der Waals surface area (Å²) in [4.78, 5) is 0. The second kappa shape index (κ2) is 6.77. The van der Waals surface area contributed by atoms with E-state index in [0.29, 0.717) is 11.4 Å². The predicted octanol–water partition coefficient (Wildman–Crippen LogP) is 4.51. The van der Waals surface area contributed by atoms with Gasteiger partial charge in [-0.2, -0.15) is 5.10 Å². The Balaban J connectivity index is 2.32. The Hall–Kier alpha value is -0.110. The maximum atomic E-state index is 10.5. The average Bonchev–Trinajstić information content (AvgIpc) is 2.69. The molecule has 1 N–H and O–H groups in total. The second-order valence-corrected chi connectivity index (χ2v) is 6.94. The van der Waals surface area contributed by atoms with Gasteiger partial charge >= 0.3 is 0 Å². The maximum absolute atomic E-state index is 10.5. The largest absolute Gasteiger partial charge is 0.388 e. The summed E-state index contributed by atoms with van der Waals surface area (Å²) in [6.07, 6.45) is -0.0932. The van der Waals surface area contributed by atoms with Crippen LogP contribution in [0.15, 0.2) is 22.7 Å². The van der Waals surface area contributed by atoms with Gasteiger partial charge in [-0.1, -0.05) is 11.6 Å². The van der Waals surface area contributed by atoms with E-state index in [2.05, 4.69) is 43.6 Å². The van der Waals surface area contributed by atoms with Gasteiger partial charge in [0.1, 0.15) is 0 Å². The van der Waals surface area contributed by atoms with Crippen molar-refractivity contribution in [1.82, 2.24) is 9.78 Å². The molecule has 3 nitrogen and oxygen atoms in total. The lowest BCUT2D eigenvalue weighted by atomic mass is 10.0. The number of benzene rings is 1. The molecule has 1 heterocycles. The highest BCUT2D eigenvalue weighted by molar-refractivity contribution is 14.1. The van der Waals surface area contributed by atoms with Crippen LogP contribution in [0.4, 0.5) is 0 Å². The smallest absolute Gasteiger partial charge is 0.0856 e. The van der Waals surface area contributed by atoms with Gasteiger partial charge in [0.15, 0.2) is 0 Å². The molecule has 0 aliphatic rings. The van der Waals surface area contributed by atoms with Crippen LogP contribution in [0.2, 0.25) is 5.02 Å². The second-order valence-electron chi connectivity index (χ2n) is 4.55. The van der Waals surface area contributed by atoms with Crippen molar-refractivity contribution in [3.63, 3.8) is 0 Å². The van der Waals surface area contributed by atoms with E-state index < -0.39 is 6.10 Å². The number of nitrogens with zero attached hydrogens (tertiary/aromatic N) is 2. The SMILES string of the molecule is CCn1nc(C)c(Br)c1CC(O)c1cc(Cl)ccc1I. The monoisotopic (exact) mass is 468 g/mol. The third-order valence-corrected chi connectivity index (χ3v) is 5.41. The summed E-state index contributed by atoms with van der Waals surface area (Å²) in [5, 5.41) is 15.6. The summed E-state index contributed by atoms with van der Waals surface area (Å²) in [5.41, 5.74) is 2.80. The molecule has 2 aromatic rings. The summed E-state index contributed by atoms with van der Waals surface area (Å²) in [5.74, 6) is 0. The maximum Gasteiger partial charge on any atom is 0.0856 e. The van der Waals surface area contributed by atoms with E-state index in [9.17, 15) is 5.11 Å². The summed E-state index contributed by atoms with van der Waals surface area (Å²) in [6.45, 7) is 4.77. The van der Waals surface area contributed by atoms with Crippen LogP contribution in [0.3, 0.4) is 0 Å². The van der Waals surface area contributed by atoms with E-state index in [4.69, 9.17) is 11.6 Å². The number of halogens is 3. The van der Waals surface area contributed by atoms with Crippen LogP contribution in [-0.4, -0.2) is 14.9 Å². The van der Waals surface area contributed by atoms with Gasteiger partial charge in [-0.3, -0.25) is 4.68 Å². The van der Waals surface area contributed by atoms with E-state index in [1.165, 1.54) is 0 Å². The van der Waals surface area contributed by atoms with Crippen molar-refractivity contribution in [1.29, 1.82) is 0 Å². The van der Waals surface area contributed by atoms with E-state index in [1.54, 1.807) is 0 Å². The van der Waals surface area contributed by atoms with Crippen molar-refractivity contribution < 1.29 is 5.11 Å². The molecule has 108 valence electrons. The number of hydrogen-bond donors (Lipinski definition) is 1. The highest BCUT2D eigenvalue weighted by Gasteiger charge is 2.19. The number of aliphatic hydroxyl groups is 1. The first kappa shape index (κ1) is 16.3. The van der Waals surface area contributed by atoms with Crippen LogP contribution >= 0.6 is 50.1 Å². The van der Waals surface area contributed by atoms with Gasteiger partial charge in [-0.25, -0.2) is 0 Å². The number of aromatic nitrogens is 2. The lowest BCUT2D eigenvalue weighted by molar-refractivity contribution is 0.174. The summed E-state index contributed by atoms with van der Waals surface area (Å²) in [6, 6.07) is 5.57. The van der Waals surface area contributed by atoms with Crippen molar-refractivity contribution in [2.75, 3.05) is 0 Å². The quantitative estimate of drug-likeness (QED) is 0.670. The van der Waals surface area contributed by atoms with Gasteiger partial charge in [0.05, 0.1) is 22.0 Å². The zero-order valence-corrected chi connectivity index (χ0v) is 15.7. The van der Waals surface area contributed by atoms with E-state index in [1.807, 2.05) is 36.7 Å². The number of hydrogen-bond acceptors (Lipinski definition) is 2. The Kier molecular flexibility index (Phi) is 5.50. The fraction of sp³-hybridized carbons (Fsp3) is 0.357. The Morgan fingerprint density at radius 1 is 1.50 bits per heavy atom. The van der Waals surface area contributed by atoms with Gasteiger partial charge in [0, 0.05) is 21.6 Å². The third-order valence-electron chi connectivity index (χ3n) is 3.16. The Morgan fingerprint density at radius 2 is 2.20 bits per heavy atom. The molecule has 0 aliphatic carbocycles. The Labute approximate surface area is 145 Å². The molecule has 1 unspecified atom stereocenters. The third kappa shape index (κ3) is 3.37. The number of aryl methyl sites for hydroxylation is 2. The minimum Gasteiger partial charge on any atom is -0.388 e. The highest BCUT2D eigenvalue weighted by Crippen LogP contribution is 2.30. The van der Waals surface area contributed by atoms with Gasteiger partial charge < -0.3 is 5.11 Å². The topological polar surface area (TPSA) is 38.0 Å². The minimum atomic E-state index is -0.599. The predicted molar refractivity (Wildman–Crippen MR) is 93.2 cm³/mol. The van der Waals surface area contributed by atoms with Crippen LogP contribution in [-0.2, 0) is 13.0 Å². The molecule has 0 saturated heterocycles. The van der Waals surface area contributed by atoms with Crippen molar-refractivity contribution in [2.45, 2.75) is 32.9 Å². The Bertz CT molecular complexity index is 630. The van der Waals surface area contributed by atoms with Crippen LogP contribution < -0.4 is 0 Å². The number of rotatable bonds is 4. The molecule has 0 radical (unpaired) electrons. The van der Waals surface area contributed by atoms with Crippen LogP contribution in [0.1, 0.15) is 30.0 Å². The van der Waals surface area contributed by atoms with Gasteiger partial charge in [0.25, 0.3) is 0 Å². The fourth-order valence-electron chi connectivity index (χ4n) is 2.13. The van der Waals surface area contributed by atoms with Gasteiger partial charge in [-0.05, 0) is 76.1 Å². The minimum absolute atomic E-state index is 0.506. The average molecular weight is 470 g/mol. The highest BCUT2D eigenvalue weighted by atomic mass is 127. The van der Waals surface area contributed by atoms with Crippen LogP contribution in [0.5, 0.6) is 0 Å². The molecular formula is C14H15BrClIN2O. The molecule has 20 heavy (non-hydrogen) atoms. The van der Waals surface area contributed by atoms with Crippen LogP contribution in [0.25, 0.3) is 0 Å². The van der Waals surface area contributed by atoms with E-state index in [0.717, 1.165) is 31.5 Å². The molecule has 0 amide bonds.